The lowest BCUT2D eigenvalue weighted by Gasteiger charge is -2.26. The van der Waals surface area contributed by atoms with Crippen LogP contribution in [0, 0.1) is 0 Å². The maximum atomic E-state index is 3.59. The van der Waals surface area contributed by atoms with Gasteiger partial charge in [-0.2, -0.15) is 0 Å². The molecule has 3 rings (SSSR count). The number of anilines is 1. The van der Waals surface area contributed by atoms with Crippen molar-refractivity contribution in [3.8, 4) is 0 Å². The molecule has 0 saturated heterocycles. The van der Waals surface area contributed by atoms with Crippen LogP contribution in [0.5, 0.6) is 0 Å². The van der Waals surface area contributed by atoms with Crippen molar-refractivity contribution in [1.82, 2.24) is 5.32 Å². The van der Waals surface area contributed by atoms with E-state index in [4.69, 9.17) is 0 Å². The van der Waals surface area contributed by atoms with Crippen LogP contribution in [0.1, 0.15) is 18.1 Å². The van der Waals surface area contributed by atoms with Crippen molar-refractivity contribution in [3.05, 3.63) is 65.7 Å². The zero-order chi connectivity index (χ0) is 13.8. The molecule has 0 aliphatic carbocycles. The Morgan fingerprint density at radius 3 is 2.65 bits per heavy atom. The third-order valence-electron chi connectivity index (χ3n) is 3.98. The summed E-state index contributed by atoms with van der Waals surface area (Å²) >= 11 is 0. The summed E-state index contributed by atoms with van der Waals surface area (Å²) in [7, 11) is 0. The topological polar surface area (TPSA) is 15.3 Å². The number of para-hydroxylation sites is 1. The molecular weight excluding hydrogens is 244 g/mol. The number of hydrogen-bond acceptors (Lipinski definition) is 2. The molecule has 2 nitrogen and oxygen atoms in total. The average Bonchev–Trinajstić information content (AvgIpc) is 2.66. The first kappa shape index (κ1) is 13.2. The summed E-state index contributed by atoms with van der Waals surface area (Å²) in [5, 5.41) is 3.59. The fourth-order valence-electron chi connectivity index (χ4n) is 2.87. The van der Waals surface area contributed by atoms with Crippen molar-refractivity contribution in [2.24, 2.45) is 0 Å². The molecule has 2 aromatic carbocycles. The number of fused-ring (bicyclic) bond motifs is 1. The van der Waals surface area contributed by atoms with Gasteiger partial charge < -0.3 is 10.2 Å². The number of hydrogen-bond donors (Lipinski definition) is 1. The number of nitrogens with zero attached hydrogens (tertiary/aromatic N) is 1. The van der Waals surface area contributed by atoms with Gasteiger partial charge in [0, 0.05) is 31.4 Å². The van der Waals surface area contributed by atoms with E-state index in [1.807, 2.05) is 0 Å². The van der Waals surface area contributed by atoms with Gasteiger partial charge in [0.25, 0.3) is 0 Å². The Morgan fingerprint density at radius 2 is 1.80 bits per heavy atom. The van der Waals surface area contributed by atoms with Crippen molar-refractivity contribution in [3.63, 3.8) is 0 Å². The summed E-state index contributed by atoms with van der Waals surface area (Å²) in [6.07, 6.45) is 1.10. The van der Waals surface area contributed by atoms with E-state index in [2.05, 4.69) is 71.7 Å². The lowest BCUT2D eigenvalue weighted by atomic mass is 10.1. The highest BCUT2D eigenvalue weighted by Gasteiger charge is 2.18. The minimum Gasteiger partial charge on any atom is -0.369 e. The van der Waals surface area contributed by atoms with Crippen LogP contribution in [0.4, 0.5) is 5.69 Å². The van der Waals surface area contributed by atoms with E-state index in [0.717, 1.165) is 26.1 Å². The second kappa shape index (κ2) is 6.10. The first-order valence-corrected chi connectivity index (χ1v) is 7.43. The molecule has 0 spiro atoms. The molecule has 1 atom stereocenters. The minimum absolute atomic E-state index is 0.526. The molecule has 1 aliphatic heterocycles. The van der Waals surface area contributed by atoms with Crippen molar-refractivity contribution in [1.29, 1.82) is 0 Å². The summed E-state index contributed by atoms with van der Waals surface area (Å²) in [5.74, 6) is 0. The van der Waals surface area contributed by atoms with Gasteiger partial charge in [0.05, 0.1) is 0 Å². The molecule has 0 fully saturated rings. The third kappa shape index (κ3) is 3.02. The highest BCUT2D eigenvalue weighted by Crippen LogP contribution is 2.23. The van der Waals surface area contributed by atoms with Gasteiger partial charge in [0.15, 0.2) is 0 Å². The van der Waals surface area contributed by atoms with Crippen molar-refractivity contribution < 1.29 is 0 Å². The number of rotatable bonds is 3. The number of nitrogens with one attached hydrogen (secondary N) is 1. The van der Waals surface area contributed by atoms with Crippen LogP contribution < -0.4 is 10.2 Å². The van der Waals surface area contributed by atoms with Gasteiger partial charge in [-0.1, -0.05) is 48.5 Å². The van der Waals surface area contributed by atoms with Crippen LogP contribution in [-0.4, -0.2) is 19.1 Å². The van der Waals surface area contributed by atoms with Crippen molar-refractivity contribution >= 4 is 5.69 Å². The van der Waals surface area contributed by atoms with Gasteiger partial charge in [0.2, 0.25) is 0 Å². The van der Waals surface area contributed by atoms with E-state index in [-0.39, 0.29) is 0 Å². The molecule has 0 radical (unpaired) electrons. The zero-order valence-electron chi connectivity index (χ0n) is 12.0. The largest absolute Gasteiger partial charge is 0.369 e. The Labute approximate surface area is 121 Å². The molecule has 0 saturated carbocycles. The van der Waals surface area contributed by atoms with E-state index in [9.17, 15) is 0 Å². The van der Waals surface area contributed by atoms with Gasteiger partial charge in [-0.15, -0.1) is 0 Å². The maximum Gasteiger partial charge on any atom is 0.0412 e. The molecule has 2 aromatic rings. The van der Waals surface area contributed by atoms with E-state index < -0.39 is 0 Å². The second-order valence-electron chi connectivity index (χ2n) is 5.59. The van der Waals surface area contributed by atoms with Crippen LogP contribution in [0.2, 0.25) is 0 Å². The molecule has 0 amide bonds. The Hall–Kier alpha value is -1.80. The van der Waals surface area contributed by atoms with Gasteiger partial charge in [-0.05, 0) is 30.5 Å². The summed E-state index contributed by atoms with van der Waals surface area (Å²) in [6.45, 7) is 5.39. The molecule has 0 bridgehead atoms. The van der Waals surface area contributed by atoms with Crippen LogP contribution in [0.3, 0.4) is 0 Å². The average molecular weight is 266 g/mol. The van der Waals surface area contributed by atoms with E-state index in [1.165, 1.54) is 16.8 Å². The second-order valence-corrected chi connectivity index (χ2v) is 5.59. The van der Waals surface area contributed by atoms with Crippen LogP contribution in [0.25, 0.3) is 0 Å². The van der Waals surface area contributed by atoms with E-state index >= 15 is 0 Å². The monoisotopic (exact) mass is 266 g/mol. The van der Waals surface area contributed by atoms with E-state index in [0.29, 0.717) is 6.04 Å². The highest BCUT2D eigenvalue weighted by molar-refractivity contribution is 5.54. The van der Waals surface area contributed by atoms with Crippen LogP contribution in [-0.2, 0) is 13.0 Å². The molecule has 20 heavy (non-hydrogen) atoms. The summed E-state index contributed by atoms with van der Waals surface area (Å²) in [4.78, 5) is 2.52. The van der Waals surface area contributed by atoms with Crippen LogP contribution >= 0.6 is 0 Å². The Bertz CT molecular complexity index is 550. The van der Waals surface area contributed by atoms with Gasteiger partial charge in [-0.3, -0.25) is 0 Å². The Morgan fingerprint density at radius 1 is 1.05 bits per heavy atom. The van der Waals surface area contributed by atoms with Gasteiger partial charge >= 0.3 is 0 Å². The van der Waals surface area contributed by atoms with Gasteiger partial charge in [0.1, 0.15) is 0 Å². The molecule has 0 aromatic heterocycles. The summed E-state index contributed by atoms with van der Waals surface area (Å²) < 4.78 is 0. The normalized spacial score (nSPS) is 18.4. The first-order valence-electron chi connectivity index (χ1n) is 7.43. The lowest BCUT2D eigenvalue weighted by Crippen LogP contribution is -2.37. The Kier molecular flexibility index (Phi) is 4.03. The molecule has 1 N–H and O–H groups in total. The maximum absolute atomic E-state index is 3.59. The predicted molar refractivity (Wildman–Crippen MR) is 85.1 cm³/mol. The van der Waals surface area contributed by atoms with Crippen molar-refractivity contribution in [2.75, 3.05) is 18.0 Å². The Balaban J connectivity index is 1.77. The number of benzene rings is 2. The SMILES string of the molecule is CC1CN(CCc2ccccc2)c2ccccc2CN1. The molecular formula is C18H22N2. The van der Waals surface area contributed by atoms with E-state index in [1.54, 1.807) is 0 Å². The minimum atomic E-state index is 0.526. The lowest BCUT2D eigenvalue weighted by molar-refractivity contribution is 0.553. The quantitative estimate of drug-likeness (QED) is 0.917. The fourth-order valence-corrected chi connectivity index (χ4v) is 2.87. The molecule has 2 heteroatoms. The predicted octanol–water partition coefficient (Wildman–Crippen LogP) is 3.23. The van der Waals surface area contributed by atoms with Gasteiger partial charge in [-0.25, -0.2) is 0 Å². The molecule has 1 unspecified atom stereocenters. The van der Waals surface area contributed by atoms with Crippen molar-refractivity contribution in [2.45, 2.75) is 25.9 Å². The fraction of sp³-hybridized carbons (Fsp3) is 0.333. The third-order valence-corrected chi connectivity index (χ3v) is 3.98. The zero-order valence-corrected chi connectivity index (χ0v) is 12.0. The molecule has 1 heterocycles. The van der Waals surface area contributed by atoms with Crippen LogP contribution in [0.15, 0.2) is 54.6 Å². The summed E-state index contributed by atoms with van der Waals surface area (Å²) in [5.41, 5.74) is 4.21. The standard InChI is InChI=1S/C18H22N2/c1-15-14-20(12-11-16-7-3-2-4-8-16)18-10-6-5-9-17(18)13-19-15/h2-10,15,19H,11-14H2,1H3. The summed E-state index contributed by atoms with van der Waals surface area (Å²) in [6, 6.07) is 20.0. The molecule has 104 valence electrons. The first-order chi connectivity index (χ1) is 9.83. The highest BCUT2D eigenvalue weighted by atomic mass is 15.2. The molecule has 1 aliphatic rings. The smallest absolute Gasteiger partial charge is 0.0412 e.